The number of thiazole rings is 1. The largest absolute Gasteiger partial charge is 0.468 e. The first-order chi connectivity index (χ1) is 8.05. The molecule has 0 amide bonds. The number of nitrogens with zero attached hydrogens (tertiary/aromatic N) is 1. The second-order valence-electron chi connectivity index (χ2n) is 4.24. The van der Waals surface area contributed by atoms with Crippen LogP contribution in [0.4, 0.5) is 0 Å². The number of carbonyl (C=O) groups is 1. The topological polar surface area (TPSA) is 55.0 Å². The van der Waals surface area contributed by atoms with Gasteiger partial charge in [0.2, 0.25) is 0 Å². The Balaban J connectivity index is 2.33. The highest BCUT2D eigenvalue weighted by molar-refractivity contribution is 7.10. The molecule has 0 saturated carbocycles. The van der Waals surface area contributed by atoms with Gasteiger partial charge in [-0.2, -0.15) is 0 Å². The number of aromatic amines is 1. The van der Waals surface area contributed by atoms with Gasteiger partial charge in [0.1, 0.15) is 10.4 Å². The molecule has 0 aliphatic rings. The van der Waals surface area contributed by atoms with Crippen molar-refractivity contribution in [2.24, 2.45) is 0 Å². The van der Waals surface area contributed by atoms with Crippen LogP contribution in [-0.4, -0.2) is 23.0 Å². The predicted octanol–water partition coefficient (Wildman–Crippen LogP) is 2.59. The van der Waals surface area contributed by atoms with E-state index in [1.807, 2.05) is 37.6 Å². The average Bonchev–Trinajstić information content (AvgIpc) is 2.97. The normalized spacial score (nSPS) is 11.5. The Morgan fingerprint density at radius 1 is 1.53 bits per heavy atom. The average molecular weight is 250 g/mol. The summed E-state index contributed by atoms with van der Waals surface area (Å²) in [5.41, 5.74) is 1.10. The Morgan fingerprint density at radius 3 is 2.88 bits per heavy atom. The Morgan fingerprint density at radius 2 is 2.29 bits per heavy atom. The first kappa shape index (κ1) is 11.9. The summed E-state index contributed by atoms with van der Waals surface area (Å²) in [6.45, 7) is 3.63. The fraction of sp³-hybridized carbons (Fsp3) is 0.333. The third-order valence-corrected chi connectivity index (χ3v) is 3.77. The molecule has 5 heteroatoms. The molecule has 0 unspecified atom stereocenters. The molecule has 0 atom stereocenters. The van der Waals surface area contributed by atoms with E-state index in [2.05, 4.69) is 9.97 Å². The molecule has 2 aromatic rings. The van der Waals surface area contributed by atoms with Crippen molar-refractivity contribution in [3.63, 3.8) is 0 Å². The third kappa shape index (κ3) is 2.10. The lowest BCUT2D eigenvalue weighted by atomic mass is 9.95. The van der Waals surface area contributed by atoms with Gasteiger partial charge in [0, 0.05) is 11.6 Å². The quantitative estimate of drug-likeness (QED) is 0.852. The molecule has 0 saturated heterocycles. The van der Waals surface area contributed by atoms with Gasteiger partial charge in [-0.1, -0.05) is 0 Å². The van der Waals surface area contributed by atoms with Crippen LogP contribution in [0.2, 0.25) is 0 Å². The molecule has 0 aliphatic heterocycles. The smallest absolute Gasteiger partial charge is 0.318 e. The Bertz CT molecular complexity index is 514. The number of carbonyl (C=O) groups excluding carboxylic acids is 1. The number of H-pyrrole nitrogens is 1. The van der Waals surface area contributed by atoms with Gasteiger partial charge < -0.3 is 9.72 Å². The molecule has 0 fully saturated rings. The van der Waals surface area contributed by atoms with Gasteiger partial charge in [-0.15, -0.1) is 11.3 Å². The van der Waals surface area contributed by atoms with Crippen LogP contribution in [0.1, 0.15) is 18.9 Å². The highest BCUT2D eigenvalue weighted by Crippen LogP contribution is 2.30. The molecule has 0 aromatic carbocycles. The van der Waals surface area contributed by atoms with Crippen molar-refractivity contribution < 1.29 is 9.53 Å². The lowest BCUT2D eigenvalue weighted by Crippen LogP contribution is -2.30. The molecule has 90 valence electrons. The lowest BCUT2D eigenvalue weighted by molar-refractivity contribution is -0.146. The Hall–Kier alpha value is -1.62. The Kier molecular flexibility index (Phi) is 3.02. The molecule has 0 bridgehead atoms. The Labute approximate surface area is 104 Å². The van der Waals surface area contributed by atoms with Crippen molar-refractivity contribution >= 4 is 17.3 Å². The summed E-state index contributed by atoms with van der Waals surface area (Å²) in [6.07, 6.45) is 1.85. The number of ether oxygens (including phenoxy) is 1. The molecule has 4 nitrogen and oxygen atoms in total. The summed E-state index contributed by atoms with van der Waals surface area (Å²) in [6, 6.07) is 3.86. The summed E-state index contributed by atoms with van der Waals surface area (Å²) in [5, 5.41) is 2.69. The van der Waals surface area contributed by atoms with Gasteiger partial charge in [0.05, 0.1) is 18.5 Å². The van der Waals surface area contributed by atoms with Crippen LogP contribution in [-0.2, 0) is 14.9 Å². The van der Waals surface area contributed by atoms with E-state index in [0.717, 1.165) is 16.4 Å². The van der Waals surface area contributed by atoms with Crippen LogP contribution in [0.25, 0.3) is 11.4 Å². The van der Waals surface area contributed by atoms with Crippen LogP contribution in [0, 0.1) is 0 Å². The van der Waals surface area contributed by atoms with Crippen LogP contribution in [0.15, 0.2) is 23.7 Å². The zero-order valence-corrected chi connectivity index (χ0v) is 10.8. The van der Waals surface area contributed by atoms with E-state index in [1.54, 1.807) is 0 Å². The zero-order valence-electron chi connectivity index (χ0n) is 9.98. The first-order valence-electron chi connectivity index (χ1n) is 5.24. The van der Waals surface area contributed by atoms with Crippen molar-refractivity contribution in [1.29, 1.82) is 0 Å². The van der Waals surface area contributed by atoms with E-state index in [0.29, 0.717) is 0 Å². The van der Waals surface area contributed by atoms with Gasteiger partial charge in [-0.25, -0.2) is 4.98 Å². The van der Waals surface area contributed by atoms with Crippen LogP contribution >= 0.6 is 11.3 Å². The summed E-state index contributed by atoms with van der Waals surface area (Å²) in [5.74, 6) is -0.273. The molecule has 2 heterocycles. The minimum absolute atomic E-state index is 0.273. The van der Waals surface area contributed by atoms with E-state index in [1.165, 1.54) is 18.4 Å². The number of methoxy groups -OCH3 is 1. The number of aromatic nitrogens is 2. The summed E-state index contributed by atoms with van der Waals surface area (Å²) >= 11 is 1.47. The van der Waals surface area contributed by atoms with Gasteiger partial charge >= 0.3 is 5.97 Å². The monoisotopic (exact) mass is 250 g/mol. The number of hydrogen-bond acceptors (Lipinski definition) is 4. The minimum Gasteiger partial charge on any atom is -0.468 e. The molecule has 2 aromatic heterocycles. The third-order valence-electron chi connectivity index (χ3n) is 2.61. The summed E-state index contributed by atoms with van der Waals surface area (Å²) in [4.78, 5) is 19.2. The molecule has 0 radical (unpaired) electrons. The minimum atomic E-state index is -0.704. The van der Waals surface area contributed by atoms with Gasteiger partial charge in [0.15, 0.2) is 0 Å². The molecule has 0 spiro atoms. The van der Waals surface area contributed by atoms with Crippen molar-refractivity contribution in [2.45, 2.75) is 19.3 Å². The molecule has 2 rings (SSSR count). The molecule has 0 aliphatic carbocycles. The summed E-state index contributed by atoms with van der Waals surface area (Å²) < 4.78 is 4.79. The van der Waals surface area contributed by atoms with E-state index in [-0.39, 0.29) is 5.97 Å². The van der Waals surface area contributed by atoms with Crippen molar-refractivity contribution in [1.82, 2.24) is 9.97 Å². The SMILES string of the molecule is COC(=O)C(C)(C)c1nc(-c2ccc[nH]2)cs1. The van der Waals surface area contributed by atoms with E-state index in [4.69, 9.17) is 4.74 Å². The second-order valence-corrected chi connectivity index (χ2v) is 5.10. The highest BCUT2D eigenvalue weighted by atomic mass is 32.1. The van der Waals surface area contributed by atoms with Crippen LogP contribution in [0.3, 0.4) is 0 Å². The van der Waals surface area contributed by atoms with Crippen molar-refractivity contribution in [3.8, 4) is 11.4 Å². The predicted molar refractivity (Wildman–Crippen MR) is 66.9 cm³/mol. The van der Waals surface area contributed by atoms with Crippen LogP contribution in [0.5, 0.6) is 0 Å². The first-order valence-corrected chi connectivity index (χ1v) is 6.12. The zero-order chi connectivity index (χ0) is 12.5. The van der Waals surface area contributed by atoms with E-state index >= 15 is 0 Å². The molecule has 17 heavy (non-hydrogen) atoms. The van der Waals surface area contributed by atoms with Gasteiger partial charge in [-0.05, 0) is 26.0 Å². The fourth-order valence-corrected chi connectivity index (χ4v) is 2.45. The number of nitrogens with one attached hydrogen (secondary N) is 1. The maximum absolute atomic E-state index is 11.7. The van der Waals surface area contributed by atoms with Gasteiger partial charge in [0.25, 0.3) is 0 Å². The maximum atomic E-state index is 11.7. The second kappa shape index (κ2) is 4.33. The fourth-order valence-electron chi connectivity index (χ4n) is 1.52. The van der Waals surface area contributed by atoms with E-state index < -0.39 is 5.41 Å². The van der Waals surface area contributed by atoms with Gasteiger partial charge in [-0.3, -0.25) is 4.79 Å². The number of hydrogen-bond donors (Lipinski definition) is 1. The number of esters is 1. The summed E-state index contributed by atoms with van der Waals surface area (Å²) in [7, 11) is 1.39. The molecule has 1 N–H and O–H groups in total. The standard InChI is InChI=1S/C12H14N2O2S/c1-12(2,11(15)16-3)10-14-9(7-17-10)8-5-4-6-13-8/h4-7,13H,1-3H3. The maximum Gasteiger partial charge on any atom is 0.318 e. The molecular formula is C12H14N2O2S. The van der Waals surface area contributed by atoms with E-state index in [9.17, 15) is 4.79 Å². The number of rotatable bonds is 3. The lowest BCUT2D eigenvalue weighted by Gasteiger charge is -2.17. The van der Waals surface area contributed by atoms with Crippen molar-refractivity contribution in [3.05, 3.63) is 28.7 Å². The van der Waals surface area contributed by atoms with Crippen LogP contribution < -0.4 is 0 Å². The highest BCUT2D eigenvalue weighted by Gasteiger charge is 2.34. The molecular weight excluding hydrogens is 236 g/mol. The van der Waals surface area contributed by atoms with Crippen molar-refractivity contribution in [2.75, 3.05) is 7.11 Å².